The van der Waals surface area contributed by atoms with Crippen LogP contribution >= 0.6 is 12.6 Å². The molecule has 0 fully saturated rings. The number of rotatable bonds is 1. The summed E-state index contributed by atoms with van der Waals surface area (Å²) in [6.45, 7) is 10.3. The van der Waals surface area contributed by atoms with Crippen LogP contribution in [0.5, 0.6) is 0 Å². The lowest BCUT2D eigenvalue weighted by atomic mass is 9.89. The summed E-state index contributed by atoms with van der Waals surface area (Å²) in [5.41, 5.74) is 1.43. The Labute approximate surface area is 57.4 Å². The lowest BCUT2D eigenvalue weighted by molar-refractivity contribution is 0.508. The quantitative estimate of drug-likeness (QED) is 0.409. The molecule has 0 aromatic heterocycles. The fourth-order valence-electron chi connectivity index (χ4n) is 0.237. The van der Waals surface area contributed by atoms with Crippen LogP contribution in [0.15, 0.2) is 12.2 Å². The Hall–Kier alpha value is 0.0900. The predicted octanol–water partition coefficient (Wildman–Crippen LogP) is 2.52. The van der Waals surface area contributed by atoms with Gasteiger partial charge in [0.05, 0.1) is 0 Å². The number of hydrogen-bond donors (Lipinski definition) is 1. The fourth-order valence-corrected chi connectivity index (χ4v) is 0.712. The first kappa shape index (κ1) is 8.09. The molecule has 0 amide bonds. The van der Waals surface area contributed by atoms with Crippen molar-refractivity contribution in [1.82, 2.24) is 0 Å². The molecule has 1 heteroatoms. The molecule has 0 aromatic carbocycles. The molecule has 0 aliphatic rings. The third-order valence-electron chi connectivity index (χ3n) is 1.25. The molecule has 48 valence electrons. The zero-order chi connectivity index (χ0) is 6.78. The van der Waals surface area contributed by atoms with Crippen molar-refractivity contribution in [2.75, 3.05) is 5.75 Å². The van der Waals surface area contributed by atoms with Crippen LogP contribution in [0.2, 0.25) is 0 Å². The third kappa shape index (κ3) is 2.41. The average molecular weight is 130 g/mol. The average Bonchev–Trinajstić information content (AvgIpc) is 1.62. The van der Waals surface area contributed by atoms with Gasteiger partial charge in [0.15, 0.2) is 0 Å². The minimum atomic E-state index is 0.238. The van der Waals surface area contributed by atoms with Gasteiger partial charge in [0.25, 0.3) is 0 Å². The Morgan fingerprint density at radius 3 is 1.88 bits per heavy atom. The van der Waals surface area contributed by atoms with Crippen LogP contribution in [-0.4, -0.2) is 5.75 Å². The van der Waals surface area contributed by atoms with E-state index in [4.69, 9.17) is 0 Å². The van der Waals surface area contributed by atoms with E-state index >= 15 is 0 Å². The van der Waals surface area contributed by atoms with Gasteiger partial charge in [-0.15, -0.1) is 0 Å². The zero-order valence-electron chi connectivity index (χ0n) is 5.86. The van der Waals surface area contributed by atoms with E-state index in [1.807, 2.05) is 0 Å². The van der Waals surface area contributed by atoms with E-state index in [0.717, 1.165) is 5.75 Å². The van der Waals surface area contributed by atoms with E-state index in [0.29, 0.717) is 0 Å². The number of thiol groups is 1. The van der Waals surface area contributed by atoms with Gasteiger partial charge >= 0.3 is 0 Å². The topological polar surface area (TPSA) is 0 Å². The van der Waals surface area contributed by atoms with Crippen LogP contribution in [0.3, 0.4) is 0 Å². The molecule has 0 aromatic rings. The van der Waals surface area contributed by atoms with Crippen LogP contribution < -0.4 is 0 Å². The molecule has 0 saturated carbocycles. The second kappa shape index (κ2) is 2.58. The highest BCUT2D eigenvalue weighted by Crippen LogP contribution is 2.23. The normalized spacial score (nSPS) is 11.5. The van der Waals surface area contributed by atoms with E-state index in [2.05, 4.69) is 40.0 Å². The van der Waals surface area contributed by atoms with Crippen molar-refractivity contribution in [3.8, 4) is 0 Å². The van der Waals surface area contributed by atoms with Crippen molar-refractivity contribution in [3.05, 3.63) is 12.2 Å². The first-order chi connectivity index (χ1) is 3.48. The van der Waals surface area contributed by atoms with Gasteiger partial charge in [0, 0.05) is 5.75 Å². The second-order valence-corrected chi connectivity index (χ2v) is 3.33. The smallest absolute Gasteiger partial charge is 0.0115 e. The minimum Gasteiger partial charge on any atom is -0.175 e. The van der Waals surface area contributed by atoms with Crippen molar-refractivity contribution < 1.29 is 0 Å². The zero-order valence-corrected chi connectivity index (χ0v) is 6.76. The van der Waals surface area contributed by atoms with E-state index in [1.54, 1.807) is 0 Å². The third-order valence-corrected chi connectivity index (χ3v) is 1.63. The van der Waals surface area contributed by atoms with Crippen molar-refractivity contribution in [2.24, 2.45) is 5.41 Å². The van der Waals surface area contributed by atoms with Gasteiger partial charge in [-0.3, -0.25) is 0 Å². The molecule has 0 radical (unpaired) electrons. The van der Waals surface area contributed by atoms with Crippen LogP contribution in [0.25, 0.3) is 0 Å². The summed E-state index contributed by atoms with van der Waals surface area (Å²) >= 11 is 4.11. The van der Waals surface area contributed by atoms with Crippen molar-refractivity contribution in [1.29, 1.82) is 0 Å². The maximum absolute atomic E-state index is 4.11. The van der Waals surface area contributed by atoms with E-state index in [9.17, 15) is 0 Å². The summed E-state index contributed by atoms with van der Waals surface area (Å²) in [7, 11) is 0. The molecular weight excluding hydrogens is 116 g/mol. The molecule has 0 nitrogen and oxygen atoms in total. The van der Waals surface area contributed by atoms with Gasteiger partial charge < -0.3 is 0 Å². The fraction of sp³-hybridized carbons (Fsp3) is 0.714. The molecule has 0 spiro atoms. The first-order valence-corrected chi connectivity index (χ1v) is 3.41. The predicted molar refractivity (Wildman–Crippen MR) is 42.4 cm³/mol. The summed E-state index contributed by atoms with van der Waals surface area (Å²) in [5.74, 6) is 0.795. The summed E-state index contributed by atoms with van der Waals surface area (Å²) in [6, 6.07) is 0. The van der Waals surface area contributed by atoms with Gasteiger partial charge in [-0.2, -0.15) is 12.6 Å². The lowest BCUT2D eigenvalue weighted by Gasteiger charge is -2.19. The molecule has 0 atom stereocenters. The Morgan fingerprint density at radius 2 is 1.88 bits per heavy atom. The Morgan fingerprint density at radius 1 is 1.50 bits per heavy atom. The maximum atomic E-state index is 4.11. The molecular formula is C7H14S. The van der Waals surface area contributed by atoms with Gasteiger partial charge in [-0.1, -0.05) is 32.9 Å². The molecule has 0 unspecified atom stereocenters. The number of hydrogen-bond acceptors (Lipinski definition) is 1. The van der Waals surface area contributed by atoms with Crippen LogP contribution in [0.4, 0.5) is 0 Å². The molecule has 0 aliphatic heterocycles. The van der Waals surface area contributed by atoms with Crippen LogP contribution in [0, 0.1) is 5.41 Å². The summed E-state index contributed by atoms with van der Waals surface area (Å²) < 4.78 is 0. The van der Waals surface area contributed by atoms with Crippen molar-refractivity contribution in [2.45, 2.75) is 20.8 Å². The first-order valence-electron chi connectivity index (χ1n) is 2.77. The molecule has 0 rings (SSSR count). The summed E-state index contributed by atoms with van der Waals surface area (Å²) in [6.07, 6.45) is 0. The molecule has 0 N–H and O–H groups in total. The summed E-state index contributed by atoms with van der Waals surface area (Å²) in [5, 5.41) is 0. The van der Waals surface area contributed by atoms with E-state index in [-0.39, 0.29) is 5.41 Å². The highest BCUT2D eigenvalue weighted by atomic mass is 32.1. The molecule has 0 aliphatic carbocycles. The van der Waals surface area contributed by atoms with Gasteiger partial charge in [-0.05, 0) is 5.41 Å². The highest BCUT2D eigenvalue weighted by molar-refractivity contribution is 7.80. The standard InChI is InChI=1S/C7H14S/c1-6(5-8)7(2,3)4/h8H,1,5H2,2-4H3. The van der Waals surface area contributed by atoms with Crippen molar-refractivity contribution in [3.63, 3.8) is 0 Å². The van der Waals surface area contributed by atoms with E-state index < -0.39 is 0 Å². The molecule has 8 heavy (non-hydrogen) atoms. The van der Waals surface area contributed by atoms with E-state index in [1.165, 1.54) is 5.57 Å². The van der Waals surface area contributed by atoms with Crippen LogP contribution in [0.1, 0.15) is 20.8 Å². The van der Waals surface area contributed by atoms with Crippen molar-refractivity contribution >= 4 is 12.6 Å². The monoisotopic (exact) mass is 130 g/mol. The highest BCUT2D eigenvalue weighted by Gasteiger charge is 2.11. The minimum absolute atomic E-state index is 0.238. The Balaban J connectivity index is 3.82. The molecule has 0 saturated heterocycles. The molecule has 0 heterocycles. The van der Waals surface area contributed by atoms with Gasteiger partial charge in [0.2, 0.25) is 0 Å². The maximum Gasteiger partial charge on any atom is 0.0115 e. The van der Waals surface area contributed by atoms with Crippen LogP contribution in [-0.2, 0) is 0 Å². The second-order valence-electron chi connectivity index (χ2n) is 3.01. The van der Waals surface area contributed by atoms with Gasteiger partial charge in [-0.25, -0.2) is 0 Å². The lowest BCUT2D eigenvalue weighted by Crippen LogP contribution is -2.08. The Bertz CT molecular complexity index is 87.1. The Kier molecular flexibility index (Phi) is 2.61. The van der Waals surface area contributed by atoms with Gasteiger partial charge in [0.1, 0.15) is 0 Å². The summed E-state index contributed by atoms with van der Waals surface area (Å²) in [4.78, 5) is 0. The molecule has 0 bridgehead atoms. The SMILES string of the molecule is C=C(CS)C(C)(C)C. The largest absolute Gasteiger partial charge is 0.175 e.